The molecular weight excluding hydrogens is 835 g/mol. The Morgan fingerprint density at radius 3 is 1.64 bits per heavy atom. The molecule has 2 heterocycles. The number of aryl methyl sites for hydroxylation is 2. The van der Waals surface area contributed by atoms with E-state index in [1.54, 1.807) is 62.4 Å². The zero-order chi connectivity index (χ0) is 39.5. The van der Waals surface area contributed by atoms with E-state index in [2.05, 4.69) is 30.7 Å². The molecule has 1 radical (unpaired) electrons. The molecule has 16 nitrogen and oxygen atoms in total. The number of nitrogens with zero attached hydrogens (tertiary/aromatic N) is 7. The number of nitrogens with one attached hydrogen (secondary N) is 1. The van der Waals surface area contributed by atoms with Gasteiger partial charge in [-0.25, -0.2) is 26.2 Å². The summed E-state index contributed by atoms with van der Waals surface area (Å²) in [6.07, 6.45) is 2.04. The molecule has 6 rings (SSSR count). The molecule has 6 aromatic rings. The van der Waals surface area contributed by atoms with Crippen LogP contribution in [0.2, 0.25) is 10.0 Å². The molecule has 0 spiro atoms. The molecule has 0 aliphatic carbocycles. The van der Waals surface area contributed by atoms with E-state index in [0.29, 0.717) is 32.8 Å². The first-order valence-electron chi connectivity index (χ1n) is 15.3. The van der Waals surface area contributed by atoms with Gasteiger partial charge in [-0.3, -0.25) is 9.89 Å². The van der Waals surface area contributed by atoms with Crippen LogP contribution in [0.1, 0.15) is 11.4 Å². The summed E-state index contributed by atoms with van der Waals surface area (Å²) >= 11 is 11.9. The number of sulfone groups is 2. The van der Waals surface area contributed by atoms with Crippen molar-refractivity contribution in [3.63, 3.8) is 0 Å². The molecule has 21 heteroatoms. The maximum Gasteiger partial charge on any atom is 3.00 e. The van der Waals surface area contributed by atoms with Gasteiger partial charge in [0.2, 0.25) is 0 Å². The van der Waals surface area contributed by atoms with Gasteiger partial charge < -0.3 is 15.3 Å². The summed E-state index contributed by atoms with van der Waals surface area (Å²) in [6.45, 7) is 3.20. The number of aromatic amines is 1. The van der Waals surface area contributed by atoms with Crippen molar-refractivity contribution in [3.05, 3.63) is 117 Å². The Morgan fingerprint density at radius 1 is 0.673 bits per heavy atom. The number of halogens is 2. The van der Waals surface area contributed by atoms with Gasteiger partial charge in [0, 0.05) is 28.4 Å². The van der Waals surface area contributed by atoms with Crippen LogP contribution in [0.5, 0.6) is 17.4 Å². The van der Waals surface area contributed by atoms with Crippen LogP contribution in [0, 0.1) is 13.8 Å². The Morgan fingerprint density at radius 2 is 1.15 bits per heavy atom. The number of azo groups is 2. The van der Waals surface area contributed by atoms with E-state index < -0.39 is 42.6 Å². The molecule has 0 saturated heterocycles. The molecular formula is C34H27Cl2CrN8O8S2. The third kappa shape index (κ3) is 10.1. The van der Waals surface area contributed by atoms with Crippen molar-refractivity contribution in [3.8, 4) is 28.8 Å². The maximum atomic E-state index is 12.6. The zero-order valence-corrected chi connectivity index (χ0v) is 33.4. The number of hydrogen-bond donors (Lipinski definition) is 1. The summed E-state index contributed by atoms with van der Waals surface area (Å²) in [5, 5.41) is 59.5. The van der Waals surface area contributed by atoms with Crippen LogP contribution in [-0.2, 0) is 37.0 Å². The van der Waals surface area contributed by atoms with E-state index >= 15 is 0 Å². The van der Waals surface area contributed by atoms with Crippen LogP contribution in [0.4, 0.5) is 22.7 Å². The number of hydrogen-bond acceptors (Lipinski definition) is 13. The van der Waals surface area contributed by atoms with Crippen molar-refractivity contribution < 1.29 is 49.5 Å². The van der Waals surface area contributed by atoms with Crippen LogP contribution in [-0.4, -0.2) is 48.9 Å². The fourth-order valence-electron chi connectivity index (χ4n) is 4.67. The SMILES string of the molecule is Cc1[nH]n(-c2cccc(Cl)c2)c(=O)c1N=Nc1cc(S(C)(=O)=O)ccc1[O-].Cc1nn(-c2cccc(Cl)c2)c([O-])c1N=Nc1cc(S(C)(=O)=O)ccc1[O-].[Cr+3]. The Bertz CT molecular complexity index is 2750. The predicted octanol–water partition coefficient (Wildman–Crippen LogP) is 5.82. The van der Waals surface area contributed by atoms with E-state index in [-0.39, 0.29) is 49.9 Å². The Labute approximate surface area is 335 Å². The number of benzene rings is 4. The maximum absolute atomic E-state index is 12.6. The Hall–Kier alpha value is -5.29. The summed E-state index contributed by atoms with van der Waals surface area (Å²) in [7, 11) is -7.01. The third-order valence-electron chi connectivity index (χ3n) is 7.38. The molecule has 283 valence electrons. The molecule has 0 amide bonds. The summed E-state index contributed by atoms with van der Waals surface area (Å²) in [6, 6.07) is 20.0. The third-order valence-corrected chi connectivity index (χ3v) is 10.1. The molecule has 0 aliphatic rings. The van der Waals surface area contributed by atoms with Gasteiger partial charge in [-0.2, -0.15) is 15.3 Å². The van der Waals surface area contributed by atoms with E-state index in [9.17, 15) is 36.9 Å². The van der Waals surface area contributed by atoms with Crippen molar-refractivity contribution in [2.45, 2.75) is 23.6 Å². The molecule has 4 aromatic carbocycles. The largest absolute Gasteiger partial charge is 3.00 e. The second kappa shape index (κ2) is 17.0. The average Bonchev–Trinajstić information content (AvgIpc) is 3.55. The second-order valence-electron chi connectivity index (χ2n) is 11.5. The van der Waals surface area contributed by atoms with Gasteiger partial charge in [-0.1, -0.05) is 59.0 Å². The summed E-state index contributed by atoms with van der Waals surface area (Å²) in [4.78, 5) is 12.5. The topological polar surface area (TPSA) is 243 Å². The average molecular weight is 863 g/mol. The standard InChI is InChI=1S/2C17H15ClN4O4S.Cr/c2*1-10-16(17(24)22(21-10)12-5-3-4-11(18)8-12)20-19-14-9-13(27(2,25)26)6-7-15(14)23;/h3-9,23-24H,1-2H3;3-9,21,23H,1-2H3;/q;;+3/p-3. The van der Waals surface area contributed by atoms with Crippen LogP contribution in [0.25, 0.3) is 11.4 Å². The molecule has 0 atom stereocenters. The first-order chi connectivity index (χ1) is 25.3. The number of aromatic nitrogens is 4. The minimum Gasteiger partial charge on any atom is -0.871 e. The van der Waals surface area contributed by atoms with Crippen molar-refractivity contribution in [2.24, 2.45) is 20.5 Å². The summed E-state index contributed by atoms with van der Waals surface area (Å²) < 4.78 is 48.9. The smallest absolute Gasteiger partial charge is 0.871 e. The first-order valence-corrected chi connectivity index (χ1v) is 19.8. The second-order valence-corrected chi connectivity index (χ2v) is 16.4. The normalized spacial score (nSPS) is 11.7. The fourth-order valence-corrected chi connectivity index (χ4v) is 6.32. The van der Waals surface area contributed by atoms with Gasteiger partial charge in [0.1, 0.15) is 5.69 Å². The summed E-state index contributed by atoms with van der Waals surface area (Å²) in [5.74, 6) is -1.56. The molecule has 55 heavy (non-hydrogen) atoms. The van der Waals surface area contributed by atoms with Gasteiger partial charge in [0.05, 0.1) is 43.9 Å². The molecule has 2 aromatic heterocycles. The predicted molar refractivity (Wildman–Crippen MR) is 195 cm³/mol. The van der Waals surface area contributed by atoms with Gasteiger partial charge in [-0.15, -0.1) is 10.2 Å². The molecule has 0 fully saturated rings. The van der Waals surface area contributed by atoms with Gasteiger partial charge in [0.25, 0.3) is 5.56 Å². The van der Waals surface area contributed by atoms with Crippen molar-refractivity contribution in [2.75, 3.05) is 12.5 Å². The monoisotopic (exact) mass is 861 g/mol. The van der Waals surface area contributed by atoms with Crippen LogP contribution < -0.4 is 20.9 Å². The molecule has 0 saturated carbocycles. The quantitative estimate of drug-likeness (QED) is 0.181. The van der Waals surface area contributed by atoms with Crippen molar-refractivity contribution in [1.29, 1.82) is 0 Å². The van der Waals surface area contributed by atoms with E-state index in [1.165, 1.54) is 16.8 Å². The molecule has 0 aliphatic heterocycles. The Balaban J connectivity index is 0.000000240. The minimum absolute atomic E-state index is 0. The van der Waals surface area contributed by atoms with Crippen LogP contribution in [0.3, 0.4) is 0 Å². The van der Waals surface area contributed by atoms with Crippen molar-refractivity contribution >= 4 is 65.6 Å². The number of H-pyrrole nitrogens is 1. The van der Waals surface area contributed by atoms with Gasteiger partial charge in [0.15, 0.2) is 25.4 Å². The van der Waals surface area contributed by atoms with Crippen molar-refractivity contribution in [1.82, 2.24) is 19.6 Å². The van der Waals surface area contributed by atoms with E-state index in [1.807, 2.05) is 0 Å². The molecule has 0 unspecified atom stereocenters. The molecule has 0 bridgehead atoms. The van der Waals surface area contributed by atoms with Gasteiger partial charge in [-0.05, 0) is 74.5 Å². The number of rotatable bonds is 8. The minimum atomic E-state index is -3.51. The van der Waals surface area contributed by atoms with Crippen LogP contribution >= 0.6 is 23.2 Å². The van der Waals surface area contributed by atoms with E-state index in [4.69, 9.17) is 23.2 Å². The summed E-state index contributed by atoms with van der Waals surface area (Å²) in [5.41, 5.74) is 0.801. The van der Waals surface area contributed by atoms with Gasteiger partial charge >= 0.3 is 17.4 Å². The van der Waals surface area contributed by atoms with Crippen LogP contribution in [0.15, 0.2) is 120 Å². The van der Waals surface area contributed by atoms with E-state index in [0.717, 1.165) is 41.5 Å². The zero-order valence-electron chi connectivity index (χ0n) is 29.0. The molecule has 1 N–H and O–H groups in total. The Kier molecular flexibility index (Phi) is 13.1. The first kappa shape index (κ1) is 42.5. The fraction of sp³-hybridized carbons (Fsp3) is 0.118.